The molecule has 1 aromatic carbocycles. The number of aryl methyl sites for hydroxylation is 1. The van der Waals surface area contributed by atoms with E-state index in [4.69, 9.17) is 4.74 Å². The minimum Gasteiger partial charge on any atom is -0.461 e. The summed E-state index contributed by atoms with van der Waals surface area (Å²) in [5, 5.41) is 4.64. The number of piperidine rings is 1. The van der Waals surface area contributed by atoms with Gasteiger partial charge in [0.1, 0.15) is 0 Å². The molecule has 0 bridgehead atoms. The van der Waals surface area contributed by atoms with Crippen LogP contribution in [0.15, 0.2) is 30.3 Å². The first-order chi connectivity index (χ1) is 14.7. The fraction of sp³-hybridized carbons (Fsp3) is 0.560. The lowest BCUT2D eigenvalue weighted by Gasteiger charge is -2.34. The second-order valence-corrected chi connectivity index (χ2v) is 9.48. The Balaban J connectivity index is 1.82. The molecule has 0 aliphatic carbocycles. The van der Waals surface area contributed by atoms with Crippen molar-refractivity contribution < 1.29 is 14.3 Å². The third-order valence-corrected chi connectivity index (χ3v) is 5.72. The smallest absolute Gasteiger partial charge is 0.358 e. The molecule has 1 amide bonds. The monoisotopic (exact) mass is 425 g/mol. The summed E-state index contributed by atoms with van der Waals surface area (Å²) in [6.07, 6.45) is 3.18. The van der Waals surface area contributed by atoms with Crippen LogP contribution in [0, 0.1) is 5.41 Å². The van der Waals surface area contributed by atoms with Crippen molar-refractivity contribution in [2.75, 3.05) is 19.7 Å². The molecule has 0 N–H and O–H groups in total. The normalized spacial score (nSPS) is 15.2. The first-order valence-electron chi connectivity index (χ1n) is 11.4. The molecule has 6 nitrogen and oxygen atoms in total. The number of aromatic nitrogens is 2. The van der Waals surface area contributed by atoms with Crippen LogP contribution in [0.2, 0.25) is 0 Å². The molecule has 0 atom stereocenters. The summed E-state index contributed by atoms with van der Waals surface area (Å²) in [5.74, 6) is -0.181. The van der Waals surface area contributed by atoms with Crippen molar-refractivity contribution >= 4 is 11.9 Å². The highest BCUT2D eigenvalue weighted by molar-refractivity contribution is 5.88. The van der Waals surface area contributed by atoms with Crippen LogP contribution in [0.4, 0.5) is 0 Å². The van der Waals surface area contributed by atoms with Gasteiger partial charge >= 0.3 is 5.97 Å². The Labute approximate surface area is 185 Å². The highest BCUT2D eigenvalue weighted by Crippen LogP contribution is 2.31. The van der Waals surface area contributed by atoms with Crippen molar-refractivity contribution in [1.29, 1.82) is 0 Å². The summed E-state index contributed by atoms with van der Waals surface area (Å²) in [6.45, 7) is 11.9. The Morgan fingerprint density at radius 1 is 1.10 bits per heavy atom. The van der Waals surface area contributed by atoms with Gasteiger partial charge in [-0.25, -0.2) is 4.79 Å². The van der Waals surface area contributed by atoms with Gasteiger partial charge in [-0.15, -0.1) is 0 Å². The average Bonchev–Trinajstić information content (AvgIpc) is 3.18. The average molecular weight is 426 g/mol. The minimum absolute atomic E-state index is 0.0116. The van der Waals surface area contributed by atoms with Gasteiger partial charge in [0.25, 0.3) is 0 Å². The third kappa shape index (κ3) is 5.75. The molecule has 168 valence electrons. The van der Waals surface area contributed by atoms with Crippen LogP contribution in [0.25, 0.3) is 11.3 Å². The molecule has 1 aliphatic heterocycles. The molecule has 1 aromatic heterocycles. The zero-order valence-corrected chi connectivity index (χ0v) is 19.5. The van der Waals surface area contributed by atoms with Crippen LogP contribution in [-0.4, -0.2) is 46.3 Å². The van der Waals surface area contributed by atoms with Gasteiger partial charge in [0, 0.05) is 19.5 Å². The van der Waals surface area contributed by atoms with Crippen molar-refractivity contribution in [2.24, 2.45) is 5.41 Å². The van der Waals surface area contributed by atoms with Gasteiger partial charge in [-0.3, -0.25) is 9.48 Å². The maximum Gasteiger partial charge on any atom is 0.358 e. The van der Waals surface area contributed by atoms with Crippen LogP contribution in [-0.2, 0) is 16.0 Å². The Bertz CT molecular complexity index is 901. The molecule has 1 saturated heterocycles. The molecule has 31 heavy (non-hydrogen) atoms. The number of rotatable bonds is 6. The van der Waals surface area contributed by atoms with E-state index < -0.39 is 5.97 Å². The zero-order valence-electron chi connectivity index (χ0n) is 19.5. The van der Waals surface area contributed by atoms with Gasteiger partial charge in [-0.05, 0) is 48.8 Å². The number of amides is 1. The Morgan fingerprint density at radius 3 is 2.29 bits per heavy atom. The van der Waals surface area contributed by atoms with E-state index in [1.807, 2.05) is 15.6 Å². The van der Waals surface area contributed by atoms with Gasteiger partial charge in [-0.2, -0.15) is 5.10 Å². The lowest BCUT2D eigenvalue weighted by molar-refractivity contribution is -0.134. The number of benzene rings is 1. The van der Waals surface area contributed by atoms with Crippen LogP contribution < -0.4 is 0 Å². The number of hydrogen-bond acceptors (Lipinski definition) is 4. The number of carbonyl (C=O) groups is 2. The Kier molecular flexibility index (Phi) is 7.19. The van der Waals surface area contributed by atoms with E-state index in [1.165, 1.54) is 5.56 Å². The summed E-state index contributed by atoms with van der Waals surface area (Å²) in [4.78, 5) is 26.9. The maximum atomic E-state index is 12.6. The summed E-state index contributed by atoms with van der Waals surface area (Å²) in [7, 11) is 0. The topological polar surface area (TPSA) is 64.4 Å². The molecular formula is C25H35N3O3. The number of nitrogens with zero attached hydrogens (tertiary/aromatic N) is 3. The third-order valence-electron chi connectivity index (χ3n) is 5.72. The van der Waals surface area contributed by atoms with Gasteiger partial charge in [-0.1, -0.05) is 52.0 Å². The molecule has 2 heterocycles. The molecule has 1 fully saturated rings. The van der Waals surface area contributed by atoms with Crippen LogP contribution in [0.3, 0.4) is 0 Å². The van der Waals surface area contributed by atoms with E-state index in [9.17, 15) is 9.59 Å². The molecule has 1 aliphatic rings. The molecule has 0 unspecified atom stereocenters. The second kappa shape index (κ2) is 9.67. The van der Waals surface area contributed by atoms with Crippen molar-refractivity contribution in [1.82, 2.24) is 14.7 Å². The van der Waals surface area contributed by atoms with Crippen molar-refractivity contribution in [3.05, 3.63) is 41.6 Å². The quantitative estimate of drug-likeness (QED) is 0.618. The predicted molar refractivity (Wildman–Crippen MR) is 122 cm³/mol. The summed E-state index contributed by atoms with van der Waals surface area (Å²) >= 11 is 0. The maximum absolute atomic E-state index is 12.6. The van der Waals surface area contributed by atoms with Crippen LogP contribution in [0.5, 0.6) is 0 Å². The van der Waals surface area contributed by atoms with Crippen molar-refractivity contribution in [3.8, 4) is 11.3 Å². The summed E-state index contributed by atoms with van der Waals surface area (Å²) in [5.41, 5.74) is 3.55. The van der Waals surface area contributed by atoms with Crippen LogP contribution >= 0.6 is 0 Å². The number of esters is 1. The highest BCUT2D eigenvalue weighted by atomic mass is 16.5. The molecule has 6 heteroatoms. The second-order valence-electron chi connectivity index (χ2n) is 9.48. The summed E-state index contributed by atoms with van der Waals surface area (Å²) in [6, 6.07) is 10.4. The van der Waals surface area contributed by atoms with Crippen molar-refractivity contribution in [2.45, 2.75) is 66.3 Å². The number of hydrogen-bond donors (Lipinski definition) is 0. The lowest BCUT2D eigenvalue weighted by Crippen LogP contribution is -2.40. The SMILES string of the molecule is CCOC(=O)c1cc(-c2ccc(CC)cc2)n(C2CCN(C(=O)CC(C)(C)C)CC2)n1. The molecule has 3 rings (SSSR count). The van der Waals surface area contributed by atoms with Gasteiger partial charge in [0.2, 0.25) is 5.91 Å². The van der Waals surface area contributed by atoms with Crippen LogP contribution in [0.1, 0.15) is 76.0 Å². The number of carbonyl (C=O) groups excluding carboxylic acids is 2. The molecule has 0 radical (unpaired) electrons. The van der Waals surface area contributed by atoms with E-state index in [0.29, 0.717) is 31.8 Å². The van der Waals surface area contributed by atoms with Gasteiger partial charge in [0.05, 0.1) is 18.3 Å². The largest absolute Gasteiger partial charge is 0.461 e. The molecular weight excluding hydrogens is 390 g/mol. The minimum atomic E-state index is -0.398. The first-order valence-corrected chi connectivity index (χ1v) is 11.4. The van der Waals surface area contributed by atoms with E-state index in [-0.39, 0.29) is 17.4 Å². The summed E-state index contributed by atoms with van der Waals surface area (Å²) < 4.78 is 7.15. The lowest BCUT2D eigenvalue weighted by atomic mass is 9.91. The zero-order chi connectivity index (χ0) is 22.6. The number of likely N-dealkylation sites (tertiary alicyclic amines) is 1. The van der Waals surface area contributed by atoms with Gasteiger partial charge < -0.3 is 9.64 Å². The van der Waals surface area contributed by atoms with E-state index >= 15 is 0 Å². The van der Waals surface area contributed by atoms with Gasteiger partial charge in [0.15, 0.2) is 5.69 Å². The molecule has 2 aromatic rings. The Morgan fingerprint density at radius 2 is 1.74 bits per heavy atom. The fourth-order valence-electron chi connectivity index (χ4n) is 4.03. The molecule has 0 spiro atoms. The fourth-order valence-corrected chi connectivity index (χ4v) is 4.03. The van der Waals surface area contributed by atoms with E-state index in [2.05, 4.69) is 57.1 Å². The number of ether oxygens (including phenoxy) is 1. The standard InChI is InChI=1S/C25H35N3O3/c1-6-18-8-10-19(11-9-18)22-16-21(24(30)31-7-2)26-28(22)20-12-14-27(15-13-20)23(29)17-25(3,4)5/h8-11,16,20H,6-7,12-15,17H2,1-5H3. The van der Waals surface area contributed by atoms with E-state index in [1.54, 1.807) is 6.92 Å². The highest BCUT2D eigenvalue weighted by Gasteiger charge is 2.29. The predicted octanol–water partition coefficient (Wildman–Crippen LogP) is 4.89. The van der Waals surface area contributed by atoms with Crippen molar-refractivity contribution in [3.63, 3.8) is 0 Å². The first kappa shape index (κ1) is 23.0. The Hall–Kier alpha value is -2.63. The molecule has 0 saturated carbocycles. The van der Waals surface area contributed by atoms with E-state index in [0.717, 1.165) is 30.5 Å².